The molecule has 0 aliphatic rings. The van der Waals surface area contributed by atoms with Gasteiger partial charge in [-0.25, -0.2) is 4.72 Å². The Labute approximate surface area is 119 Å². The van der Waals surface area contributed by atoms with Crippen molar-refractivity contribution in [3.05, 3.63) is 35.9 Å². The van der Waals surface area contributed by atoms with Gasteiger partial charge in [-0.1, -0.05) is 30.3 Å². The van der Waals surface area contributed by atoms with Crippen molar-refractivity contribution < 1.29 is 17.9 Å². The monoisotopic (exact) mass is 300 g/mol. The number of carbonyl (C=O) groups is 1. The smallest absolute Gasteiger partial charge is 0.306 e. The zero-order chi connectivity index (χ0) is 15.0. The molecule has 0 saturated carbocycles. The molecule has 0 aromatic heterocycles. The first-order chi connectivity index (χ1) is 9.45. The van der Waals surface area contributed by atoms with Crippen LogP contribution in [-0.4, -0.2) is 45.9 Å². The minimum absolute atomic E-state index is 0.0343. The van der Waals surface area contributed by atoms with Gasteiger partial charge in [-0.2, -0.15) is 12.7 Å². The Hall–Kier alpha value is -1.44. The third-order valence-corrected chi connectivity index (χ3v) is 4.38. The van der Waals surface area contributed by atoms with E-state index in [-0.39, 0.29) is 13.0 Å². The second kappa shape index (κ2) is 7.98. The molecule has 0 bridgehead atoms. The van der Waals surface area contributed by atoms with Crippen LogP contribution in [0.1, 0.15) is 12.0 Å². The standard InChI is InChI=1S/C13H20N2O4S/c1-15(11-9-13(16)19-2)20(17,18)14-10-8-12-6-4-3-5-7-12/h3-7,14H,8-11H2,1-2H3. The zero-order valence-corrected chi connectivity index (χ0v) is 12.5. The summed E-state index contributed by atoms with van der Waals surface area (Å²) in [5.74, 6) is -0.434. The molecule has 0 atom stereocenters. The summed E-state index contributed by atoms with van der Waals surface area (Å²) in [5.41, 5.74) is 1.06. The summed E-state index contributed by atoms with van der Waals surface area (Å²) in [7, 11) is -0.862. The third-order valence-electron chi connectivity index (χ3n) is 2.81. The maximum absolute atomic E-state index is 11.9. The Balaban J connectivity index is 2.39. The van der Waals surface area contributed by atoms with Crippen LogP contribution < -0.4 is 4.72 Å². The number of esters is 1. The van der Waals surface area contributed by atoms with Crippen LogP contribution in [0.3, 0.4) is 0 Å². The maximum atomic E-state index is 11.9. The molecule has 0 aliphatic carbocycles. The molecule has 0 heterocycles. The molecule has 0 unspecified atom stereocenters. The number of benzene rings is 1. The molecule has 1 aromatic carbocycles. The highest BCUT2D eigenvalue weighted by molar-refractivity contribution is 7.87. The lowest BCUT2D eigenvalue weighted by Gasteiger charge is -2.17. The fraction of sp³-hybridized carbons (Fsp3) is 0.462. The van der Waals surface area contributed by atoms with Crippen LogP contribution in [0.4, 0.5) is 0 Å². The first-order valence-electron chi connectivity index (χ1n) is 6.27. The van der Waals surface area contributed by atoms with Gasteiger partial charge >= 0.3 is 5.97 Å². The Kier molecular flexibility index (Phi) is 6.63. The van der Waals surface area contributed by atoms with Gasteiger partial charge < -0.3 is 4.74 Å². The van der Waals surface area contributed by atoms with E-state index < -0.39 is 16.2 Å². The molecule has 20 heavy (non-hydrogen) atoms. The van der Waals surface area contributed by atoms with E-state index in [0.717, 1.165) is 9.87 Å². The summed E-state index contributed by atoms with van der Waals surface area (Å²) in [5, 5.41) is 0. The minimum atomic E-state index is -3.56. The SMILES string of the molecule is COC(=O)CCN(C)S(=O)(=O)NCCc1ccccc1. The lowest BCUT2D eigenvalue weighted by atomic mass is 10.2. The predicted molar refractivity (Wildman–Crippen MR) is 76.3 cm³/mol. The van der Waals surface area contributed by atoms with Crippen LogP contribution in [0, 0.1) is 0 Å². The van der Waals surface area contributed by atoms with Crippen LogP contribution in [0.25, 0.3) is 0 Å². The van der Waals surface area contributed by atoms with Gasteiger partial charge in [-0.15, -0.1) is 0 Å². The van der Waals surface area contributed by atoms with E-state index in [2.05, 4.69) is 9.46 Å². The molecule has 0 amide bonds. The van der Waals surface area contributed by atoms with Gasteiger partial charge in [-0.05, 0) is 12.0 Å². The molecule has 7 heteroatoms. The molecular weight excluding hydrogens is 280 g/mol. The molecule has 1 rings (SSSR count). The van der Waals surface area contributed by atoms with Crippen molar-refractivity contribution in [1.29, 1.82) is 0 Å². The fourth-order valence-electron chi connectivity index (χ4n) is 1.55. The Morgan fingerprint density at radius 1 is 1.30 bits per heavy atom. The molecule has 6 nitrogen and oxygen atoms in total. The molecule has 112 valence electrons. The lowest BCUT2D eigenvalue weighted by Crippen LogP contribution is -2.40. The summed E-state index contributed by atoms with van der Waals surface area (Å²) in [6.45, 7) is 0.405. The molecular formula is C13H20N2O4S. The summed E-state index contributed by atoms with van der Waals surface area (Å²) >= 11 is 0. The highest BCUT2D eigenvalue weighted by atomic mass is 32.2. The molecule has 1 aromatic rings. The molecule has 0 radical (unpaired) electrons. The van der Waals surface area contributed by atoms with Crippen molar-refractivity contribution in [1.82, 2.24) is 9.03 Å². The predicted octanol–water partition coefficient (Wildman–Crippen LogP) is 0.558. The van der Waals surface area contributed by atoms with E-state index in [1.54, 1.807) is 0 Å². The number of nitrogens with one attached hydrogen (secondary N) is 1. The van der Waals surface area contributed by atoms with Crippen LogP contribution in [0.5, 0.6) is 0 Å². The second-order valence-electron chi connectivity index (χ2n) is 4.28. The normalized spacial score (nSPS) is 11.6. The van der Waals surface area contributed by atoms with E-state index >= 15 is 0 Å². The van der Waals surface area contributed by atoms with Gasteiger partial charge in [-0.3, -0.25) is 4.79 Å². The number of nitrogens with zero attached hydrogens (tertiary/aromatic N) is 1. The number of hydrogen-bond acceptors (Lipinski definition) is 4. The van der Waals surface area contributed by atoms with Gasteiger partial charge in [0.2, 0.25) is 0 Å². The van der Waals surface area contributed by atoms with Gasteiger partial charge in [0.15, 0.2) is 0 Å². The number of hydrogen-bond donors (Lipinski definition) is 1. The van der Waals surface area contributed by atoms with E-state index in [1.807, 2.05) is 30.3 Å². The van der Waals surface area contributed by atoms with Crippen LogP contribution in [-0.2, 0) is 26.2 Å². The van der Waals surface area contributed by atoms with E-state index in [9.17, 15) is 13.2 Å². The second-order valence-corrected chi connectivity index (χ2v) is 6.14. The molecule has 0 fully saturated rings. The van der Waals surface area contributed by atoms with Crippen molar-refractivity contribution in [2.75, 3.05) is 27.2 Å². The Morgan fingerprint density at radius 2 is 1.95 bits per heavy atom. The largest absolute Gasteiger partial charge is 0.469 e. The minimum Gasteiger partial charge on any atom is -0.469 e. The fourth-order valence-corrected chi connectivity index (χ4v) is 2.46. The average Bonchev–Trinajstić information content (AvgIpc) is 2.45. The lowest BCUT2D eigenvalue weighted by molar-refractivity contribution is -0.140. The van der Waals surface area contributed by atoms with Crippen molar-refractivity contribution in [3.63, 3.8) is 0 Å². The number of rotatable bonds is 8. The summed E-state index contributed by atoms with van der Waals surface area (Å²) in [6.07, 6.45) is 0.650. The number of carbonyl (C=O) groups excluding carboxylic acids is 1. The Morgan fingerprint density at radius 3 is 2.55 bits per heavy atom. The van der Waals surface area contributed by atoms with E-state index in [0.29, 0.717) is 13.0 Å². The summed E-state index contributed by atoms with van der Waals surface area (Å²) in [4.78, 5) is 11.0. The first-order valence-corrected chi connectivity index (χ1v) is 7.71. The van der Waals surface area contributed by atoms with Crippen LogP contribution >= 0.6 is 0 Å². The van der Waals surface area contributed by atoms with E-state index in [1.165, 1.54) is 14.2 Å². The summed E-state index contributed by atoms with van der Waals surface area (Å²) in [6, 6.07) is 9.61. The summed E-state index contributed by atoms with van der Waals surface area (Å²) < 4.78 is 31.8. The Bertz CT molecular complexity index is 516. The number of ether oxygens (including phenoxy) is 1. The molecule has 0 aliphatic heterocycles. The van der Waals surface area contributed by atoms with Crippen LogP contribution in [0.15, 0.2) is 30.3 Å². The van der Waals surface area contributed by atoms with Crippen molar-refractivity contribution >= 4 is 16.2 Å². The highest BCUT2D eigenvalue weighted by Crippen LogP contribution is 2.00. The van der Waals surface area contributed by atoms with E-state index in [4.69, 9.17) is 0 Å². The van der Waals surface area contributed by atoms with Gasteiger partial charge in [0.1, 0.15) is 0 Å². The molecule has 1 N–H and O–H groups in total. The van der Waals surface area contributed by atoms with Crippen LogP contribution in [0.2, 0.25) is 0 Å². The molecule has 0 spiro atoms. The van der Waals surface area contributed by atoms with Crippen molar-refractivity contribution in [3.8, 4) is 0 Å². The first kappa shape index (κ1) is 16.6. The zero-order valence-electron chi connectivity index (χ0n) is 11.7. The maximum Gasteiger partial charge on any atom is 0.306 e. The van der Waals surface area contributed by atoms with Crippen molar-refractivity contribution in [2.24, 2.45) is 0 Å². The van der Waals surface area contributed by atoms with Gasteiger partial charge in [0.05, 0.1) is 13.5 Å². The third kappa shape index (κ3) is 5.68. The highest BCUT2D eigenvalue weighted by Gasteiger charge is 2.17. The van der Waals surface area contributed by atoms with Gasteiger partial charge in [0, 0.05) is 20.1 Å². The van der Waals surface area contributed by atoms with Crippen molar-refractivity contribution in [2.45, 2.75) is 12.8 Å². The average molecular weight is 300 g/mol. The van der Waals surface area contributed by atoms with Gasteiger partial charge in [0.25, 0.3) is 10.2 Å². The quantitative estimate of drug-likeness (QED) is 0.712. The topological polar surface area (TPSA) is 75.7 Å². The molecule has 0 saturated heterocycles. The number of methoxy groups -OCH3 is 1.